The normalized spacial score (nSPS) is 10.8. The molecule has 0 bridgehead atoms. The van der Waals surface area contributed by atoms with E-state index in [0.29, 0.717) is 19.6 Å². The Morgan fingerprint density at radius 3 is 1.73 bits per heavy atom. The summed E-state index contributed by atoms with van der Waals surface area (Å²) in [4.78, 5) is 12.2. The van der Waals surface area contributed by atoms with Crippen molar-refractivity contribution in [2.75, 3.05) is 39.6 Å². The van der Waals surface area contributed by atoms with Crippen LogP contribution in [-0.2, 0) is 23.7 Å². The molecule has 2 N–H and O–H groups in total. The fraction of sp³-hybridized carbons (Fsp3) is 0.800. The van der Waals surface area contributed by atoms with Gasteiger partial charge in [0, 0.05) is 0 Å². The van der Waals surface area contributed by atoms with Gasteiger partial charge in [-0.1, -0.05) is 6.92 Å². The fourth-order valence-electron chi connectivity index (χ4n) is 1.53. The van der Waals surface area contributed by atoms with E-state index in [0.717, 1.165) is 0 Å². The van der Waals surface area contributed by atoms with Crippen LogP contribution in [0, 0.1) is 5.41 Å². The van der Waals surface area contributed by atoms with Crippen LogP contribution < -0.4 is 0 Å². The summed E-state index contributed by atoms with van der Waals surface area (Å²) in [5.41, 5.74) is -0.871. The number of aliphatic hydroxyl groups is 2. The molecule has 0 aliphatic heterocycles. The molecule has 0 amide bonds. The highest BCUT2D eigenvalue weighted by atomic mass is 16.7. The van der Waals surface area contributed by atoms with E-state index in [1.54, 1.807) is 27.7 Å². The summed E-state index contributed by atoms with van der Waals surface area (Å²) >= 11 is 0. The lowest BCUT2D eigenvalue weighted by Crippen LogP contribution is -2.35. The summed E-state index contributed by atoms with van der Waals surface area (Å²) in [5.74, 6) is -0.919. The Morgan fingerprint density at radius 2 is 1.36 bits per heavy atom. The zero-order valence-electron chi connectivity index (χ0n) is 13.9. The zero-order valence-corrected chi connectivity index (χ0v) is 13.9. The van der Waals surface area contributed by atoms with Crippen LogP contribution in [0.1, 0.15) is 34.1 Å². The van der Waals surface area contributed by atoms with Crippen molar-refractivity contribution in [2.24, 2.45) is 5.41 Å². The Morgan fingerprint density at radius 1 is 0.864 bits per heavy atom. The largest absolute Gasteiger partial charge is 0.482 e. The Bertz CT molecular complexity index is 332. The second kappa shape index (κ2) is 11.1. The van der Waals surface area contributed by atoms with Crippen LogP contribution >= 0.6 is 0 Å². The van der Waals surface area contributed by atoms with E-state index in [1.807, 2.05) is 0 Å². The molecule has 0 heterocycles. The molecule has 0 fully saturated rings. The van der Waals surface area contributed by atoms with Crippen molar-refractivity contribution in [2.45, 2.75) is 34.1 Å². The lowest BCUT2D eigenvalue weighted by atomic mass is 9.88. The van der Waals surface area contributed by atoms with Crippen molar-refractivity contribution in [3.8, 4) is 0 Å². The Hall–Kier alpha value is -1.47. The quantitative estimate of drug-likeness (QED) is 0.317. The van der Waals surface area contributed by atoms with Gasteiger partial charge in [-0.15, -0.1) is 0 Å². The van der Waals surface area contributed by atoms with E-state index in [-0.39, 0.29) is 38.1 Å². The summed E-state index contributed by atoms with van der Waals surface area (Å²) < 4.78 is 21.0. The number of carbonyl (C=O) groups is 1. The van der Waals surface area contributed by atoms with E-state index in [2.05, 4.69) is 0 Å². The average Bonchev–Trinajstić information content (AvgIpc) is 2.54. The third kappa shape index (κ3) is 6.11. The van der Waals surface area contributed by atoms with Crippen molar-refractivity contribution < 1.29 is 34.0 Å². The average molecular weight is 320 g/mol. The minimum absolute atomic E-state index is 0.0213. The SMILES string of the molecule is CCOC(OCC)=C(OCC)C(=O)OCC(CC)(CO)CO. The molecule has 0 rings (SSSR count). The Balaban J connectivity index is 5.09. The second-order valence-corrected chi connectivity index (χ2v) is 4.66. The molecule has 0 aromatic carbocycles. The first-order valence-electron chi connectivity index (χ1n) is 7.55. The van der Waals surface area contributed by atoms with Crippen LogP contribution in [0.15, 0.2) is 11.7 Å². The Kier molecular flexibility index (Phi) is 10.4. The number of hydrogen-bond acceptors (Lipinski definition) is 7. The smallest absolute Gasteiger partial charge is 0.381 e. The molecule has 130 valence electrons. The zero-order chi connectivity index (χ0) is 17.0. The van der Waals surface area contributed by atoms with Gasteiger partial charge in [0.05, 0.1) is 38.4 Å². The molecular weight excluding hydrogens is 292 g/mol. The number of carbonyl (C=O) groups excluding carboxylic acids is 1. The van der Waals surface area contributed by atoms with Gasteiger partial charge in [-0.05, 0) is 27.2 Å². The lowest BCUT2D eigenvalue weighted by molar-refractivity contribution is -0.150. The topological polar surface area (TPSA) is 94.5 Å². The summed E-state index contributed by atoms with van der Waals surface area (Å²) in [7, 11) is 0. The van der Waals surface area contributed by atoms with Gasteiger partial charge in [0.2, 0.25) is 0 Å². The molecule has 7 nitrogen and oxygen atoms in total. The molecule has 0 saturated heterocycles. The predicted octanol–water partition coefficient (Wildman–Crippen LogP) is 1.19. The number of aliphatic hydroxyl groups excluding tert-OH is 2. The molecule has 7 heteroatoms. The van der Waals surface area contributed by atoms with Gasteiger partial charge in [-0.25, -0.2) is 4.79 Å². The van der Waals surface area contributed by atoms with Crippen LogP contribution in [0.5, 0.6) is 0 Å². The molecule has 0 saturated carbocycles. The van der Waals surface area contributed by atoms with Gasteiger partial charge in [0.15, 0.2) is 0 Å². The van der Waals surface area contributed by atoms with E-state index in [9.17, 15) is 15.0 Å². The van der Waals surface area contributed by atoms with Crippen molar-refractivity contribution in [1.29, 1.82) is 0 Å². The van der Waals surface area contributed by atoms with Gasteiger partial charge >= 0.3 is 11.9 Å². The first-order chi connectivity index (χ1) is 10.5. The van der Waals surface area contributed by atoms with Crippen molar-refractivity contribution in [3.63, 3.8) is 0 Å². The van der Waals surface area contributed by atoms with Crippen molar-refractivity contribution in [3.05, 3.63) is 11.7 Å². The van der Waals surface area contributed by atoms with Crippen molar-refractivity contribution in [1.82, 2.24) is 0 Å². The minimum atomic E-state index is -0.871. The lowest BCUT2D eigenvalue weighted by Gasteiger charge is -2.27. The van der Waals surface area contributed by atoms with Gasteiger partial charge < -0.3 is 29.2 Å². The molecule has 0 unspecified atom stereocenters. The van der Waals surface area contributed by atoms with E-state index < -0.39 is 11.4 Å². The van der Waals surface area contributed by atoms with Gasteiger partial charge in [0.25, 0.3) is 5.76 Å². The highest BCUT2D eigenvalue weighted by Crippen LogP contribution is 2.22. The highest BCUT2D eigenvalue weighted by molar-refractivity contribution is 5.86. The standard InChI is InChI=1S/C15H28O7/c1-5-15(9-16,10-17)11-22-13(18)12(19-6-2)14(20-7-3)21-8-4/h16-17H,5-11H2,1-4H3. The third-order valence-corrected chi connectivity index (χ3v) is 3.14. The predicted molar refractivity (Wildman–Crippen MR) is 79.8 cm³/mol. The second-order valence-electron chi connectivity index (χ2n) is 4.66. The van der Waals surface area contributed by atoms with E-state index >= 15 is 0 Å². The van der Waals surface area contributed by atoms with Crippen molar-refractivity contribution >= 4 is 5.97 Å². The molecule has 0 radical (unpaired) electrons. The number of hydrogen-bond donors (Lipinski definition) is 2. The molecule has 0 spiro atoms. The van der Waals surface area contributed by atoms with Gasteiger partial charge in [-0.3, -0.25) is 0 Å². The summed E-state index contributed by atoms with van der Waals surface area (Å²) in [6.45, 7) is 7.20. The monoisotopic (exact) mass is 320 g/mol. The van der Waals surface area contributed by atoms with Gasteiger partial charge in [-0.2, -0.15) is 0 Å². The first kappa shape index (κ1) is 20.5. The van der Waals surface area contributed by atoms with Crippen LogP contribution in [0.4, 0.5) is 0 Å². The van der Waals surface area contributed by atoms with Gasteiger partial charge in [0.1, 0.15) is 6.61 Å². The minimum Gasteiger partial charge on any atom is -0.482 e. The maximum absolute atomic E-state index is 12.2. The third-order valence-electron chi connectivity index (χ3n) is 3.14. The van der Waals surface area contributed by atoms with Crippen LogP contribution in [0.3, 0.4) is 0 Å². The van der Waals surface area contributed by atoms with Crippen LogP contribution in [-0.4, -0.2) is 55.8 Å². The van der Waals surface area contributed by atoms with E-state index in [1.165, 1.54) is 0 Å². The highest BCUT2D eigenvalue weighted by Gasteiger charge is 2.31. The maximum Gasteiger partial charge on any atom is 0.381 e. The van der Waals surface area contributed by atoms with E-state index in [4.69, 9.17) is 18.9 Å². The summed E-state index contributed by atoms with van der Waals surface area (Å²) in [5, 5.41) is 18.7. The molecule has 0 aliphatic rings. The molecule has 0 atom stereocenters. The fourth-order valence-corrected chi connectivity index (χ4v) is 1.53. The number of rotatable bonds is 12. The van der Waals surface area contributed by atoms with Crippen LogP contribution in [0.2, 0.25) is 0 Å². The maximum atomic E-state index is 12.2. The molecule has 22 heavy (non-hydrogen) atoms. The summed E-state index contributed by atoms with van der Waals surface area (Å²) in [6, 6.07) is 0. The number of ether oxygens (including phenoxy) is 4. The molecular formula is C15H28O7. The number of esters is 1. The molecule has 0 aliphatic carbocycles. The molecule has 0 aromatic heterocycles. The van der Waals surface area contributed by atoms with Crippen LogP contribution in [0.25, 0.3) is 0 Å². The summed E-state index contributed by atoms with van der Waals surface area (Å²) in [6.07, 6.45) is 0.463. The Labute approximate surface area is 131 Å². The first-order valence-corrected chi connectivity index (χ1v) is 7.55. The molecule has 0 aromatic rings.